The maximum absolute atomic E-state index is 13.1. The van der Waals surface area contributed by atoms with Gasteiger partial charge in [0, 0.05) is 17.4 Å². The van der Waals surface area contributed by atoms with Gasteiger partial charge in [0.25, 0.3) is 0 Å². The topological polar surface area (TPSA) is 63.6 Å². The zero-order valence-electron chi connectivity index (χ0n) is 25.3. The summed E-state index contributed by atoms with van der Waals surface area (Å²) in [6, 6.07) is 0. The van der Waals surface area contributed by atoms with Crippen molar-refractivity contribution in [1.82, 2.24) is 0 Å². The molecule has 0 aliphatic heterocycles. The summed E-state index contributed by atoms with van der Waals surface area (Å²) in [6.07, 6.45) is 26.6. The fourth-order valence-electron chi connectivity index (χ4n) is 6.58. The minimum absolute atomic E-state index is 0.0974. The minimum atomic E-state index is -1.30. The molecule has 3 aliphatic carbocycles. The van der Waals surface area contributed by atoms with E-state index in [4.69, 9.17) is 4.74 Å². The Morgan fingerprint density at radius 2 is 1.51 bits per heavy atom. The fraction of sp³-hybridized carbons (Fsp3) is 0.714. The predicted molar refractivity (Wildman–Crippen MR) is 160 cm³/mol. The number of aliphatic hydroxyl groups is 1. The van der Waals surface area contributed by atoms with Crippen molar-refractivity contribution in [2.75, 3.05) is 6.61 Å². The lowest BCUT2D eigenvalue weighted by Crippen LogP contribution is -2.49. The van der Waals surface area contributed by atoms with Gasteiger partial charge in [-0.2, -0.15) is 0 Å². The molecule has 3 rings (SSSR count). The molecule has 0 unspecified atom stereocenters. The molecule has 218 valence electrons. The molecule has 4 nitrogen and oxygen atoms in total. The minimum Gasteiger partial charge on any atom is -0.466 e. The Morgan fingerprint density at radius 3 is 2.13 bits per heavy atom. The smallest absolute Gasteiger partial charge is 0.305 e. The number of esters is 1. The summed E-state index contributed by atoms with van der Waals surface area (Å²) in [7, 11) is 0. The molecule has 1 spiro atoms. The molecule has 0 radical (unpaired) electrons. The summed E-state index contributed by atoms with van der Waals surface area (Å²) in [5.74, 6) is -0.235. The zero-order chi connectivity index (χ0) is 28.3. The van der Waals surface area contributed by atoms with Gasteiger partial charge in [0.05, 0.1) is 6.61 Å². The van der Waals surface area contributed by atoms with E-state index in [1.165, 1.54) is 76.2 Å². The molecule has 0 aromatic carbocycles. The number of fused-ring (bicyclic) bond motifs is 1. The molecular weight excluding hydrogens is 484 g/mol. The molecule has 1 atom stereocenters. The summed E-state index contributed by atoms with van der Waals surface area (Å²) >= 11 is 0. The van der Waals surface area contributed by atoms with Crippen LogP contribution >= 0.6 is 0 Å². The second kappa shape index (κ2) is 15.2. The van der Waals surface area contributed by atoms with Gasteiger partial charge < -0.3 is 9.84 Å². The summed E-state index contributed by atoms with van der Waals surface area (Å²) in [4.78, 5) is 25.3. The van der Waals surface area contributed by atoms with Gasteiger partial charge in [-0.15, -0.1) is 0 Å². The lowest BCUT2D eigenvalue weighted by Gasteiger charge is -2.39. The first-order chi connectivity index (χ1) is 18.8. The monoisotopic (exact) mass is 538 g/mol. The zero-order valence-corrected chi connectivity index (χ0v) is 25.3. The first-order valence-electron chi connectivity index (χ1n) is 16.0. The number of hydrogen-bond donors (Lipinski definition) is 1. The van der Waals surface area contributed by atoms with Crippen LogP contribution in [-0.4, -0.2) is 29.1 Å². The molecule has 4 heteroatoms. The Morgan fingerprint density at radius 1 is 0.923 bits per heavy atom. The number of carbonyl (C=O) groups excluding carboxylic acids is 2. The van der Waals surface area contributed by atoms with E-state index in [0.717, 1.165) is 55.2 Å². The first kappa shape index (κ1) is 31.6. The standard InChI is InChI=1S/C35H54O4/c1-5-6-7-8-9-10-11-12-13-14-15-16-17-18-19-22-31(36)39-25-20-21-29-27(2)26-30-32(29)28(3)35(23-24-35)34(4,38)33(30)37/h12-13,26,38H,5-11,14-25H2,1-4H3/b13-12+/t34-/m0/s1. The van der Waals surface area contributed by atoms with E-state index >= 15 is 0 Å². The van der Waals surface area contributed by atoms with Gasteiger partial charge in [-0.05, 0) is 101 Å². The van der Waals surface area contributed by atoms with Gasteiger partial charge in [-0.25, -0.2) is 0 Å². The normalized spacial score (nSPS) is 21.8. The highest BCUT2D eigenvalue weighted by molar-refractivity contribution is 6.10. The van der Waals surface area contributed by atoms with E-state index < -0.39 is 5.60 Å². The molecule has 0 heterocycles. The summed E-state index contributed by atoms with van der Waals surface area (Å²) in [5, 5.41) is 11.0. The van der Waals surface area contributed by atoms with E-state index in [2.05, 4.69) is 26.0 Å². The van der Waals surface area contributed by atoms with Crippen molar-refractivity contribution in [2.45, 2.75) is 149 Å². The molecule has 0 aromatic rings. The van der Waals surface area contributed by atoms with Gasteiger partial charge in [-0.1, -0.05) is 76.0 Å². The number of rotatable bonds is 19. The number of hydrogen-bond acceptors (Lipinski definition) is 4. The molecular formula is C35H54O4. The molecule has 0 bridgehead atoms. The Bertz CT molecular complexity index is 971. The molecule has 1 fully saturated rings. The van der Waals surface area contributed by atoms with Crippen LogP contribution < -0.4 is 0 Å². The molecule has 3 aliphatic rings. The van der Waals surface area contributed by atoms with Crippen LogP contribution in [0.3, 0.4) is 0 Å². The van der Waals surface area contributed by atoms with E-state index in [0.29, 0.717) is 18.6 Å². The third-order valence-electron chi connectivity index (χ3n) is 9.35. The van der Waals surface area contributed by atoms with E-state index in [1.807, 2.05) is 13.0 Å². The number of ether oxygens (including phenoxy) is 1. The Kier molecular flexibility index (Phi) is 12.3. The average molecular weight is 539 g/mol. The van der Waals surface area contributed by atoms with Crippen molar-refractivity contribution in [3.8, 4) is 0 Å². The average Bonchev–Trinajstić information content (AvgIpc) is 3.66. The van der Waals surface area contributed by atoms with Crippen LogP contribution in [0.15, 0.2) is 46.1 Å². The van der Waals surface area contributed by atoms with Crippen molar-refractivity contribution in [2.24, 2.45) is 5.41 Å². The fourth-order valence-corrected chi connectivity index (χ4v) is 6.58. The second-order valence-corrected chi connectivity index (χ2v) is 12.4. The highest BCUT2D eigenvalue weighted by Gasteiger charge is 2.64. The lowest BCUT2D eigenvalue weighted by atomic mass is 9.67. The number of carbonyl (C=O) groups is 2. The Labute approximate surface area is 238 Å². The van der Waals surface area contributed by atoms with Gasteiger partial charge in [-0.3, -0.25) is 9.59 Å². The lowest BCUT2D eigenvalue weighted by molar-refractivity contribution is -0.143. The van der Waals surface area contributed by atoms with Crippen LogP contribution in [0.4, 0.5) is 0 Å². The number of unbranched alkanes of at least 4 members (excludes halogenated alkanes) is 11. The van der Waals surface area contributed by atoms with Crippen molar-refractivity contribution >= 4 is 11.8 Å². The highest BCUT2D eigenvalue weighted by Crippen LogP contribution is 2.65. The molecule has 0 aromatic heterocycles. The number of Topliss-reactive ketones (excluding diaryl/α,β-unsaturated/α-hetero) is 1. The van der Waals surface area contributed by atoms with Crippen molar-refractivity contribution in [3.05, 3.63) is 46.1 Å². The van der Waals surface area contributed by atoms with E-state index in [1.54, 1.807) is 6.92 Å². The largest absolute Gasteiger partial charge is 0.466 e. The summed E-state index contributed by atoms with van der Waals surface area (Å²) < 4.78 is 5.52. The van der Waals surface area contributed by atoms with Gasteiger partial charge >= 0.3 is 5.97 Å². The van der Waals surface area contributed by atoms with Crippen molar-refractivity contribution in [1.29, 1.82) is 0 Å². The van der Waals surface area contributed by atoms with Crippen molar-refractivity contribution < 1.29 is 19.4 Å². The van der Waals surface area contributed by atoms with Crippen LogP contribution in [-0.2, 0) is 14.3 Å². The van der Waals surface area contributed by atoms with Crippen LogP contribution in [0, 0.1) is 5.41 Å². The number of ketones is 1. The predicted octanol–water partition coefficient (Wildman–Crippen LogP) is 9.03. The third kappa shape index (κ3) is 8.06. The van der Waals surface area contributed by atoms with Gasteiger partial charge in [0.15, 0.2) is 5.78 Å². The molecule has 1 N–H and O–H groups in total. The van der Waals surface area contributed by atoms with Crippen LogP contribution in [0.2, 0.25) is 0 Å². The Balaban J connectivity index is 1.22. The van der Waals surface area contributed by atoms with E-state index in [9.17, 15) is 14.7 Å². The van der Waals surface area contributed by atoms with Crippen molar-refractivity contribution in [3.63, 3.8) is 0 Å². The summed E-state index contributed by atoms with van der Waals surface area (Å²) in [5.41, 5.74) is 3.48. The third-order valence-corrected chi connectivity index (χ3v) is 9.35. The van der Waals surface area contributed by atoms with Crippen LogP contribution in [0.5, 0.6) is 0 Å². The SMILES string of the molecule is CCCCCCCC/C=C/CCCCCCCC(=O)OCCCC1=C(C)C=C2C(=O)[C@](C)(O)C3(CC3)C(C)=C21. The summed E-state index contributed by atoms with van der Waals surface area (Å²) in [6.45, 7) is 8.50. The molecule has 0 amide bonds. The van der Waals surface area contributed by atoms with Gasteiger partial charge in [0.2, 0.25) is 0 Å². The van der Waals surface area contributed by atoms with Crippen LogP contribution in [0.25, 0.3) is 0 Å². The quantitative estimate of drug-likeness (QED) is 0.101. The highest BCUT2D eigenvalue weighted by atomic mass is 16.5. The van der Waals surface area contributed by atoms with E-state index in [-0.39, 0.29) is 17.2 Å². The maximum Gasteiger partial charge on any atom is 0.305 e. The molecule has 0 saturated heterocycles. The first-order valence-corrected chi connectivity index (χ1v) is 16.0. The second-order valence-electron chi connectivity index (χ2n) is 12.4. The van der Waals surface area contributed by atoms with Gasteiger partial charge in [0.1, 0.15) is 5.60 Å². The Hall–Kier alpha value is -1.94. The number of allylic oxidation sites excluding steroid dienone is 6. The van der Waals surface area contributed by atoms with Crippen LogP contribution in [0.1, 0.15) is 143 Å². The maximum atomic E-state index is 13.1. The molecule has 39 heavy (non-hydrogen) atoms. The molecule has 1 saturated carbocycles.